The van der Waals surface area contributed by atoms with Crippen molar-refractivity contribution in [2.45, 2.75) is 26.7 Å². The van der Waals surface area contributed by atoms with Crippen molar-refractivity contribution >= 4 is 17.5 Å². The molecule has 3 rings (SSSR count). The van der Waals surface area contributed by atoms with Gasteiger partial charge in [-0.25, -0.2) is 0 Å². The summed E-state index contributed by atoms with van der Waals surface area (Å²) >= 11 is 0. The Hall–Kier alpha value is -1.68. The fraction of sp³-hybridized carbons (Fsp3) is 0.500. The van der Waals surface area contributed by atoms with Crippen LogP contribution in [-0.4, -0.2) is 23.5 Å². The summed E-state index contributed by atoms with van der Waals surface area (Å²) in [5.74, 6) is -0.416. The number of imide groups is 1. The molecule has 0 bridgehead atoms. The van der Waals surface area contributed by atoms with E-state index >= 15 is 0 Å². The van der Waals surface area contributed by atoms with Crippen LogP contribution in [0.4, 0.5) is 5.69 Å². The van der Waals surface area contributed by atoms with Crippen molar-refractivity contribution in [3.05, 3.63) is 29.8 Å². The van der Waals surface area contributed by atoms with E-state index in [1.807, 2.05) is 32.0 Å². The number of aliphatic hydroxyl groups is 1. The van der Waals surface area contributed by atoms with Gasteiger partial charge in [0, 0.05) is 6.61 Å². The first-order valence-corrected chi connectivity index (χ1v) is 7.06. The summed E-state index contributed by atoms with van der Waals surface area (Å²) < 4.78 is 0. The molecule has 1 aromatic carbocycles. The lowest BCUT2D eigenvalue weighted by Gasteiger charge is -2.21. The number of hydrogen-bond donors (Lipinski definition) is 1. The Balaban J connectivity index is 1.84. The van der Waals surface area contributed by atoms with Crippen molar-refractivity contribution in [1.29, 1.82) is 0 Å². The smallest absolute Gasteiger partial charge is 0.238 e. The predicted molar refractivity (Wildman–Crippen MR) is 75.1 cm³/mol. The van der Waals surface area contributed by atoms with E-state index in [4.69, 9.17) is 5.11 Å². The van der Waals surface area contributed by atoms with E-state index in [1.165, 1.54) is 4.90 Å². The van der Waals surface area contributed by atoms with Gasteiger partial charge in [0.25, 0.3) is 0 Å². The molecule has 2 atom stereocenters. The molecule has 1 aliphatic heterocycles. The molecule has 2 aliphatic rings. The molecule has 1 saturated carbocycles. The van der Waals surface area contributed by atoms with Gasteiger partial charge >= 0.3 is 0 Å². The third-order valence-corrected chi connectivity index (χ3v) is 4.59. The summed E-state index contributed by atoms with van der Waals surface area (Å²) in [7, 11) is 0. The van der Waals surface area contributed by atoms with Crippen LogP contribution in [0.2, 0.25) is 0 Å². The van der Waals surface area contributed by atoms with Gasteiger partial charge in [-0.2, -0.15) is 0 Å². The lowest BCUT2D eigenvalue weighted by atomic mass is 10.0. The summed E-state index contributed by atoms with van der Waals surface area (Å²) in [4.78, 5) is 26.1. The number of piperidine rings is 1. The van der Waals surface area contributed by atoms with Crippen LogP contribution >= 0.6 is 0 Å². The van der Waals surface area contributed by atoms with Gasteiger partial charge in [-0.1, -0.05) is 26.0 Å². The fourth-order valence-electron chi connectivity index (χ4n) is 3.34. The molecule has 1 saturated heterocycles. The number of carbonyl (C=O) groups excluding carboxylic acids is 2. The second-order valence-corrected chi connectivity index (χ2v) is 6.29. The number of nitrogens with zero attached hydrogens (tertiary/aromatic N) is 1. The number of hydrogen-bond acceptors (Lipinski definition) is 3. The molecule has 2 unspecified atom stereocenters. The topological polar surface area (TPSA) is 57.6 Å². The second-order valence-electron chi connectivity index (χ2n) is 6.29. The number of anilines is 1. The number of fused-ring (bicyclic) bond motifs is 1. The van der Waals surface area contributed by atoms with E-state index in [9.17, 15) is 9.59 Å². The Kier molecular flexibility index (Phi) is 2.94. The number of aliphatic hydroxyl groups excluding tert-OH is 1. The van der Waals surface area contributed by atoms with Crippen molar-refractivity contribution in [3.8, 4) is 0 Å². The second kappa shape index (κ2) is 4.42. The van der Waals surface area contributed by atoms with E-state index in [0.29, 0.717) is 12.1 Å². The Morgan fingerprint density at radius 1 is 1.20 bits per heavy atom. The molecule has 4 nitrogen and oxygen atoms in total. The van der Waals surface area contributed by atoms with Crippen molar-refractivity contribution < 1.29 is 14.7 Å². The van der Waals surface area contributed by atoms with Gasteiger partial charge in [-0.15, -0.1) is 0 Å². The minimum Gasteiger partial charge on any atom is -0.396 e. The molecule has 0 aromatic heterocycles. The van der Waals surface area contributed by atoms with Crippen LogP contribution in [-0.2, 0) is 16.0 Å². The SMILES string of the molecule is CC1(C)C2C(=O)N(c3cccc(CCCO)c3)C(=O)C21. The number of rotatable bonds is 4. The third kappa shape index (κ3) is 1.79. The first kappa shape index (κ1) is 13.3. The maximum atomic E-state index is 12.4. The Morgan fingerprint density at radius 3 is 2.45 bits per heavy atom. The lowest BCUT2D eigenvalue weighted by molar-refractivity contribution is -0.125. The molecular weight excluding hydrogens is 254 g/mol. The Labute approximate surface area is 118 Å². The van der Waals surface area contributed by atoms with Gasteiger partial charge in [0.1, 0.15) is 0 Å². The fourth-order valence-corrected chi connectivity index (χ4v) is 3.34. The van der Waals surface area contributed by atoms with E-state index in [2.05, 4.69) is 0 Å². The van der Waals surface area contributed by atoms with Crippen molar-refractivity contribution in [2.24, 2.45) is 17.3 Å². The van der Waals surface area contributed by atoms with Crippen molar-refractivity contribution in [2.75, 3.05) is 11.5 Å². The van der Waals surface area contributed by atoms with Crippen LogP contribution in [0.3, 0.4) is 0 Å². The maximum Gasteiger partial charge on any atom is 0.238 e. The molecule has 106 valence electrons. The average molecular weight is 273 g/mol. The molecule has 0 spiro atoms. The summed E-state index contributed by atoms with van der Waals surface area (Å²) in [6.45, 7) is 4.10. The van der Waals surface area contributed by atoms with Gasteiger partial charge in [0.05, 0.1) is 17.5 Å². The summed E-state index contributed by atoms with van der Waals surface area (Å²) in [6.07, 6.45) is 1.43. The molecule has 2 fully saturated rings. The van der Waals surface area contributed by atoms with E-state index < -0.39 is 0 Å². The summed E-state index contributed by atoms with van der Waals surface area (Å²) in [6, 6.07) is 7.49. The zero-order valence-corrected chi connectivity index (χ0v) is 11.8. The molecule has 1 aliphatic carbocycles. The van der Waals surface area contributed by atoms with Crippen LogP contribution in [0, 0.1) is 17.3 Å². The molecule has 1 heterocycles. The summed E-state index contributed by atoms with van der Waals surface area (Å²) in [5, 5.41) is 8.87. The first-order chi connectivity index (χ1) is 9.48. The van der Waals surface area contributed by atoms with Gasteiger partial charge < -0.3 is 5.11 Å². The monoisotopic (exact) mass is 273 g/mol. The van der Waals surface area contributed by atoms with Crippen LogP contribution in [0.5, 0.6) is 0 Å². The number of amides is 2. The molecule has 2 amide bonds. The highest BCUT2D eigenvalue weighted by molar-refractivity contribution is 6.25. The highest BCUT2D eigenvalue weighted by atomic mass is 16.3. The standard InChI is InChI=1S/C16H19NO3/c1-16(2)12-13(16)15(20)17(14(12)19)11-7-3-5-10(9-11)6-4-8-18/h3,5,7,9,12-13,18H,4,6,8H2,1-2H3. The highest BCUT2D eigenvalue weighted by Gasteiger charge is 2.72. The van der Waals surface area contributed by atoms with Crippen LogP contribution in [0.15, 0.2) is 24.3 Å². The first-order valence-electron chi connectivity index (χ1n) is 7.06. The van der Waals surface area contributed by atoms with Gasteiger partial charge in [-0.05, 0) is 36.0 Å². The van der Waals surface area contributed by atoms with Gasteiger partial charge in [0.2, 0.25) is 11.8 Å². The third-order valence-electron chi connectivity index (χ3n) is 4.59. The van der Waals surface area contributed by atoms with Gasteiger partial charge in [-0.3, -0.25) is 14.5 Å². The van der Waals surface area contributed by atoms with Crippen LogP contribution < -0.4 is 4.90 Å². The summed E-state index contributed by atoms with van der Waals surface area (Å²) in [5.41, 5.74) is 1.54. The molecule has 0 radical (unpaired) electrons. The number of carbonyl (C=O) groups is 2. The quantitative estimate of drug-likeness (QED) is 0.850. The van der Waals surface area contributed by atoms with E-state index in [-0.39, 0.29) is 35.7 Å². The van der Waals surface area contributed by atoms with Crippen molar-refractivity contribution in [1.82, 2.24) is 0 Å². The largest absolute Gasteiger partial charge is 0.396 e. The number of aryl methyl sites for hydroxylation is 1. The molecule has 20 heavy (non-hydrogen) atoms. The highest BCUT2D eigenvalue weighted by Crippen LogP contribution is 2.63. The zero-order valence-electron chi connectivity index (χ0n) is 11.8. The Bertz CT molecular complexity index is 555. The minimum atomic E-state index is -0.167. The molecule has 1 N–H and O–H groups in total. The molecule has 4 heteroatoms. The maximum absolute atomic E-state index is 12.4. The Morgan fingerprint density at radius 2 is 1.85 bits per heavy atom. The number of benzene rings is 1. The minimum absolute atomic E-state index is 0.0655. The van der Waals surface area contributed by atoms with Crippen molar-refractivity contribution in [3.63, 3.8) is 0 Å². The van der Waals surface area contributed by atoms with E-state index in [0.717, 1.165) is 12.0 Å². The predicted octanol–water partition coefficient (Wildman–Crippen LogP) is 1.76. The van der Waals surface area contributed by atoms with E-state index in [1.54, 1.807) is 6.07 Å². The van der Waals surface area contributed by atoms with Gasteiger partial charge in [0.15, 0.2) is 0 Å². The van der Waals surface area contributed by atoms with Crippen LogP contribution in [0.1, 0.15) is 25.8 Å². The molecular formula is C16H19NO3. The molecule has 1 aromatic rings. The normalized spacial score (nSPS) is 26.9. The average Bonchev–Trinajstić information content (AvgIpc) is 2.87. The van der Waals surface area contributed by atoms with Crippen LogP contribution in [0.25, 0.3) is 0 Å². The zero-order chi connectivity index (χ0) is 14.5. The lowest BCUT2D eigenvalue weighted by Crippen LogP contribution is -2.36.